The molecule has 14 heavy (non-hydrogen) atoms. The number of nitriles is 1. The Kier molecular flexibility index (Phi) is 2.18. The van der Waals surface area contributed by atoms with E-state index in [-0.39, 0.29) is 0 Å². The van der Waals surface area contributed by atoms with Crippen molar-refractivity contribution in [3.63, 3.8) is 0 Å². The summed E-state index contributed by atoms with van der Waals surface area (Å²) in [4.78, 5) is 0. The lowest BCUT2D eigenvalue weighted by atomic mass is 10.1. The molecule has 0 unspecified atom stereocenters. The summed E-state index contributed by atoms with van der Waals surface area (Å²) in [6.45, 7) is 0. The van der Waals surface area contributed by atoms with Gasteiger partial charge in [-0.2, -0.15) is 5.26 Å². The molecular formula is C11H9ClN2. The third-order valence-corrected chi connectivity index (χ3v) is 2.61. The van der Waals surface area contributed by atoms with Crippen LogP contribution in [0.5, 0.6) is 0 Å². The monoisotopic (exact) mass is 204 g/mol. The van der Waals surface area contributed by atoms with E-state index in [0.29, 0.717) is 6.42 Å². The van der Waals surface area contributed by atoms with Crippen molar-refractivity contribution in [2.75, 3.05) is 0 Å². The maximum atomic E-state index is 8.68. The van der Waals surface area contributed by atoms with Crippen LogP contribution < -0.4 is 0 Å². The first-order chi connectivity index (χ1) is 6.74. The van der Waals surface area contributed by atoms with Crippen LogP contribution in [0.15, 0.2) is 24.4 Å². The van der Waals surface area contributed by atoms with E-state index in [0.717, 1.165) is 21.5 Å². The van der Waals surface area contributed by atoms with E-state index < -0.39 is 0 Å². The van der Waals surface area contributed by atoms with Gasteiger partial charge in [0.15, 0.2) is 0 Å². The molecule has 3 heteroatoms. The number of halogens is 1. The number of aryl methyl sites for hydroxylation is 1. The highest BCUT2D eigenvalue weighted by Crippen LogP contribution is 2.27. The fraction of sp³-hybridized carbons (Fsp3) is 0.182. The van der Waals surface area contributed by atoms with E-state index in [9.17, 15) is 0 Å². The largest absolute Gasteiger partial charge is 0.349 e. The van der Waals surface area contributed by atoms with E-state index in [1.54, 1.807) is 0 Å². The molecule has 2 nitrogen and oxygen atoms in total. The van der Waals surface area contributed by atoms with Crippen molar-refractivity contribution in [3.05, 3.63) is 35.0 Å². The van der Waals surface area contributed by atoms with Crippen LogP contribution in [-0.4, -0.2) is 4.57 Å². The zero-order valence-electron chi connectivity index (χ0n) is 7.79. The van der Waals surface area contributed by atoms with E-state index in [1.807, 2.05) is 36.0 Å². The zero-order chi connectivity index (χ0) is 10.1. The van der Waals surface area contributed by atoms with Gasteiger partial charge in [-0.05, 0) is 5.56 Å². The van der Waals surface area contributed by atoms with Gasteiger partial charge >= 0.3 is 0 Å². The third kappa shape index (κ3) is 1.26. The number of nitrogens with zero attached hydrogens (tertiary/aromatic N) is 2. The molecule has 0 atom stereocenters. The fourth-order valence-electron chi connectivity index (χ4n) is 1.73. The highest BCUT2D eigenvalue weighted by atomic mass is 35.5. The van der Waals surface area contributed by atoms with Crippen LogP contribution in [0.2, 0.25) is 5.02 Å². The molecule has 2 aromatic rings. The lowest BCUT2D eigenvalue weighted by Gasteiger charge is -2.01. The predicted molar refractivity (Wildman–Crippen MR) is 57.2 cm³/mol. The predicted octanol–water partition coefficient (Wildman–Crippen LogP) is 2.90. The van der Waals surface area contributed by atoms with Crippen LogP contribution in [0.25, 0.3) is 10.9 Å². The van der Waals surface area contributed by atoms with Gasteiger partial charge in [-0.3, -0.25) is 0 Å². The summed E-state index contributed by atoms with van der Waals surface area (Å²) in [5.74, 6) is 0. The minimum Gasteiger partial charge on any atom is -0.349 e. The van der Waals surface area contributed by atoms with Crippen molar-refractivity contribution < 1.29 is 0 Å². The second-order valence-electron chi connectivity index (χ2n) is 3.24. The molecule has 0 spiro atoms. The Morgan fingerprint density at radius 2 is 2.29 bits per heavy atom. The van der Waals surface area contributed by atoms with Crippen molar-refractivity contribution in [1.82, 2.24) is 4.57 Å². The molecule has 0 radical (unpaired) electrons. The molecule has 0 N–H and O–H groups in total. The summed E-state index contributed by atoms with van der Waals surface area (Å²) in [6.07, 6.45) is 2.29. The average molecular weight is 205 g/mol. The van der Waals surface area contributed by atoms with E-state index >= 15 is 0 Å². The topological polar surface area (TPSA) is 28.7 Å². The van der Waals surface area contributed by atoms with Crippen molar-refractivity contribution in [2.45, 2.75) is 6.42 Å². The fourth-order valence-corrected chi connectivity index (χ4v) is 2.03. The number of hydrogen-bond acceptors (Lipinski definition) is 1. The van der Waals surface area contributed by atoms with Gasteiger partial charge in [0.25, 0.3) is 0 Å². The molecule has 0 saturated carbocycles. The Bertz CT molecular complexity index is 520. The number of para-hydroxylation sites is 1. The molecular weight excluding hydrogens is 196 g/mol. The van der Waals surface area contributed by atoms with Crippen molar-refractivity contribution in [2.24, 2.45) is 7.05 Å². The Morgan fingerprint density at radius 1 is 1.50 bits per heavy atom. The number of rotatable bonds is 1. The van der Waals surface area contributed by atoms with Crippen LogP contribution in [0.3, 0.4) is 0 Å². The van der Waals surface area contributed by atoms with E-state index in [1.165, 1.54) is 0 Å². The highest BCUT2D eigenvalue weighted by Gasteiger charge is 2.07. The summed E-state index contributed by atoms with van der Waals surface area (Å²) < 4.78 is 1.96. The Labute approximate surface area is 87.3 Å². The first kappa shape index (κ1) is 9.11. The number of benzene rings is 1. The summed E-state index contributed by atoms with van der Waals surface area (Å²) >= 11 is 6.05. The molecule has 2 rings (SSSR count). The quantitative estimate of drug-likeness (QED) is 0.702. The van der Waals surface area contributed by atoms with Gasteiger partial charge in [-0.1, -0.05) is 29.8 Å². The van der Waals surface area contributed by atoms with Crippen LogP contribution in [0.1, 0.15) is 5.56 Å². The molecule has 1 heterocycles. The Balaban J connectivity index is 2.80. The summed E-state index contributed by atoms with van der Waals surface area (Å²) in [6, 6.07) is 8.02. The molecule has 70 valence electrons. The highest BCUT2D eigenvalue weighted by molar-refractivity contribution is 6.35. The second kappa shape index (κ2) is 3.36. The standard InChI is InChI=1S/C11H9ClN2/c1-14-7-10(12)9-4-2-3-8(5-6-13)11(9)14/h2-4,7H,5H2,1H3. The molecule has 0 fully saturated rings. The van der Waals surface area contributed by atoms with Crippen molar-refractivity contribution >= 4 is 22.5 Å². The van der Waals surface area contributed by atoms with Crippen LogP contribution >= 0.6 is 11.6 Å². The normalized spacial score (nSPS) is 10.4. The molecule has 1 aromatic heterocycles. The van der Waals surface area contributed by atoms with Crippen molar-refractivity contribution in [1.29, 1.82) is 5.26 Å². The van der Waals surface area contributed by atoms with Crippen molar-refractivity contribution in [3.8, 4) is 6.07 Å². The summed E-state index contributed by atoms with van der Waals surface area (Å²) in [7, 11) is 1.94. The molecule has 1 aromatic carbocycles. The first-order valence-electron chi connectivity index (χ1n) is 4.33. The summed E-state index contributed by atoms with van der Waals surface area (Å²) in [5, 5.41) is 10.4. The molecule has 0 bridgehead atoms. The Morgan fingerprint density at radius 3 is 3.00 bits per heavy atom. The number of aromatic nitrogens is 1. The van der Waals surface area contributed by atoms with Gasteiger partial charge in [0.05, 0.1) is 23.0 Å². The Hall–Kier alpha value is -1.46. The van der Waals surface area contributed by atoms with Gasteiger partial charge < -0.3 is 4.57 Å². The number of hydrogen-bond donors (Lipinski definition) is 0. The molecule has 0 aliphatic rings. The van der Waals surface area contributed by atoms with Gasteiger partial charge in [0.1, 0.15) is 0 Å². The van der Waals surface area contributed by atoms with Gasteiger partial charge in [0, 0.05) is 18.6 Å². The lowest BCUT2D eigenvalue weighted by Crippen LogP contribution is -1.90. The van der Waals surface area contributed by atoms with Gasteiger partial charge in [-0.15, -0.1) is 0 Å². The molecule has 0 aliphatic carbocycles. The molecule has 0 aliphatic heterocycles. The maximum absolute atomic E-state index is 8.68. The second-order valence-corrected chi connectivity index (χ2v) is 3.64. The molecule has 0 amide bonds. The third-order valence-electron chi connectivity index (χ3n) is 2.31. The zero-order valence-corrected chi connectivity index (χ0v) is 8.54. The van der Waals surface area contributed by atoms with Gasteiger partial charge in [0.2, 0.25) is 0 Å². The van der Waals surface area contributed by atoms with Gasteiger partial charge in [-0.25, -0.2) is 0 Å². The SMILES string of the molecule is Cn1cc(Cl)c2cccc(CC#N)c21. The van der Waals surface area contributed by atoms with Crippen LogP contribution in [0.4, 0.5) is 0 Å². The lowest BCUT2D eigenvalue weighted by molar-refractivity contribution is 0.961. The summed E-state index contributed by atoms with van der Waals surface area (Å²) in [5.41, 5.74) is 2.08. The minimum absolute atomic E-state index is 0.422. The average Bonchev–Trinajstić information content (AvgIpc) is 2.44. The van der Waals surface area contributed by atoms with E-state index in [2.05, 4.69) is 6.07 Å². The number of fused-ring (bicyclic) bond motifs is 1. The maximum Gasteiger partial charge on any atom is 0.0670 e. The first-order valence-corrected chi connectivity index (χ1v) is 4.71. The van der Waals surface area contributed by atoms with E-state index in [4.69, 9.17) is 16.9 Å². The molecule has 0 saturated heterocycles. The van der Waals surface area contributed by atoms with Crippen LogP contribution in [-0.2, 0) is 13.5 Å². The van der Waals surface area contributed by atoms with Crippen LogP contribution in [0, 0.1) is 11.3 Å². The minimum atomic E-state index is 0.422. The smallest absolute Gasteiger partial charge is 0.0670 e.